The van der Waals surface area contributed by atoms with Gasteiger partial charge in [0.05, 0.1) is 5.66 Å². The van der Waals surface area contributed by atoms with Crippen molar-refractivity contribution < 1.29 is 18.7 Å². The molecule has 3 aromatic rings. The Bertz CT molecular complexity index is 978. The highest BCUT2D eigenvalue weighted by atomic mass is 31.2. The molecule has 0 saturated carbocycles. The van der Waals surface area contributed by atoms with E-state index in [0.717, 1.165) is 11.1 Å². The number of hydrogen-bond acceptors (Lipinski definition) is 4. The first-order chi connectivity index (χ1) is 13.7. The molecule has 5 heteroatoms. The molecule has 3 aromatic carbocycles. The first-order valence-electron chi connectivity index (χ1n) is 9.65. The van der Waals surface area contributed by atoms with Crippen LogP contribution >= 0.6 is 7.60 Å². The number of phenols is 1. The Kier molecular flexibility index (Phi) is 6.04. The standard InChI is InChI=1S/C24H27O4P/c1-18(2)29(26,27-22-8-6-5-7-9-22)28-23-16-12-20(13-17-23)24(3,4)19-10-14-21(25)15-11-19/h5-18,25H,1-4H3. The summed E-state index contributed by atoms with van der Waals surface area (Å²) in [6.07, 6.45) is 0. The zero-order chi connectivity index (χ0) is 21.1. The highest BCUT2D eigenvalue weighted by Crippen LogP contribution is 2.52. The highest BCUT2D eigenvalue weighted by Gasteiger charge is 2.33. The summed E-state index contributed by atoms with van der Waals surface area (Å²) in [4.78, 5) is 0. The molecule has 4 nitrogen and oxygen atoms in total. The SMILES string of the molecule is CC(C)P(=O)(Oc1ccccc1)Oc1ccc(C(C)(C)c2ccc(O)cc2)cc1. The van der Waals surface area contributed by atoms with Gasteiger partial charge in [0, 0.05) is 5.41 Å². The van der Waals surface area contributed by atoms with E-state index in [1.165, 1.54) is 0 Å². The molecule has 0 radical (unpaired) electrons. The van der Waals surface area contributed by atoms with Crippen LogP contribution < -0.4 is 9.05 Å². The summed E-state index contributed by atoms with van der Waals surface area (Å²) in [6, 6.07) is 23.9. The third-order valence-electron chi connectivity index (χ3n) is 5.01. The quantitative estimate of drug-likeness (QED) is 0.436. The summed E-state index contributed by atoms with van der Waals surface area (Å²) in [6.45, 7) is 7.89. The van der Waals surface area contributed by atoms with Crippen molar-refractivity contribution in [3.05, 3.63) is 90.0 Å². The molecule has 29 heavy (non-hydrogen) atoms. The molecule has 0 aliphatic carbocycles. The zero-order valence-corrected chi connectivity index (χ0v) is 18.1. The predicted molar refractivity (Wildman–Crippen MR) is 117 cm³/mol. The molecule has 0 heterocycles. The second-order valence-electron chi connectivity index (χ2n) is 7.83. The molecule has 1 N–H and O–H groups in total. The topological polar surface area (TPSA) is 55.8 Å². The fraction of sp³-hybridized carbons (Fsp3) is 0.250. The minimum atomic E-state index is -3.38. The maximum Gasteiger partial charge on any atom is 0.433 e. The summed E-state index contributed by atoms with van der Waals surface area (Å²) >= 11 is 0. The van der Waals surface area contributed by atoms with Gasteiger partial charge in [0.1, 0.15) is 17.2 Å². The number of phenolic OH excluding ortho intramolecular Hbond substituents is 1. The van der Waals surface area contributed by atoms with Crippen LogP contribution in [0.3, 0.4) is 0 Å². The van der Waals surface area contributed by atoms with Crippen molar-refractivity contribution in [3.8, 4) is 17.2 Å². The fourth-order valence-corrected chi connectivity index (χ4v) is 4.27. The van der Waals surface area contributed by atoms with Crippen molar-refractivity contribution in [2.24, 2.45) is 0 Å². The molecule has 1 unspecified atom stereocenters. The Balaban J connectivity index is 1.81. The first-order valence-corrected chi connectivity index (χ1v) is 11.3. The van der Waals surface area contributed by atoms with E-state index >= 15 is 0 Å². The van der Waals surface area contributed by atoms with Crippen LogP contribution in [0.5, 0.6) is 17.2 Å². The van der Waals surface area contributed by atoms with E-state index in [0.29, 0.717) is 11.5 Å². The van der Waals surface area contributed by atoms with Crippen LogP contribution in [-0.4, -0.2) is 10.8 Å². The number of rotatable bonds is 7. The van der Waals surface area contributed by atoms with E-state index in [-0.39, 0.29) is 16.8 Å². The maximum atomic E-state index is 13.3. The van der Waals surface area contributed by atoms with Crippen LogP contribution in [0.1, 0.15) is 38.8 Å². The first kappa shape index (κ1) is 21.0. The van der Waals surface area contributed by atoms with Crippen LogP contribution in [0.4, 0.5) is 0 Å². The molecule has 0 amide bonds. The van der Waals surface area contributed by atoms with E-state index in [9.17, 15) is 9.67 Å². The van der Waals surface area contributed by atoms with Gasteiger partial charge in [0.2, 0.25) is 0 Å². The molecular weight excluding hydrogens is 383 g/mol. The van der Waals surface area contributed by atoms with Gasteiger partial charge in [-0.1, -0.05) is 56.3 Å². The Morgan fingerprint density at radius 1 is 0.759 bits per heavy atom. The van der Waals surface area contributed by atoms with E-state index in [2.05, 4.69) is 13.8 Å². The van der Waals surface area contributed by atoms with E-state index in [1.807, 2.05) is 68.4 Å². The number of para-hydroxylation sites is 1. The van der Waals surface area contributed by atoms with Crippen LogP contribution in [0.15, 0.2) is 78.9 Å². The molecule has 152 valence electrons. The monoisotopic (exact) mass is 410 g/mol. The summed E-state index contributed by atoms with van der Waals surface area (Å²) in [5, 5.41) is 9.53. The lowest BCUT2D eigenvalue weighted by molar-refractivity contribution is 0.376. The van der Waals surface area contributed by atoms with Crippen molar-refractivity contribution in [2.45, 2.75) is 38.8 Å². The van der Waals surface area contributed by atoms with Gasteiger partial charge in [-0.05, 0) is 61.4 Å². The highest BCUT2D eigenvalue weighted by molar-refractivity contribution is 7.55. The molecule has 3 rings (SSSR count). The van der Waals surface area contributed by atoms with Gasteiger partial charge in [-0.25, -0.2) is 4.57 Å². The van der Waals surface area contributed by atoms with Gasteiger partial charge in [-0.3, -0.25) is 0 Å². The fourth-order valence-electron chi connectivity index (χ4n) is 2.98. The van der Waals surface area contributed by atoms with Gasteiger partial charge in [0.15, 0.2) is 0 Å². The molecule has 1 atom stereocenters. The Labute approximate surface area is 172 Å². The van der Waals surface area contributed by atoms with Crippen LogP contribution in [-0.2, 0) is 9.98 Å². The van der Waals surface area contributed by atoms with Gasteiger partial charge in [0.25, 0.3) is 0 Å². The summed E-state index contributed by atoms with van der Waals surface area (Å²) in [7, 11) is -3.38. The van der Waals surface area contributed by atoms with E-state index in [1.54, 1.807) is 24.3 Å². The lowest BCUT2D eigenvalue weighted by Crippen LogP contribution is -2.18. The lowest BCUT2D eigenvalue weighted by Gasteiger charge is -2.27. The van der Waals surface area contributed by atoms with Crippen LogP contribution in [0.2, 0.25) is 0 Å². The molecule has 0 saturated heterocycles. The maximum absolute atomic E-state index is 13.3. The second kappa shape index (κ2) is 8.34. The predicted octanol–water partition coefficient (Wildman–Crippen LogP) is 6.78. The van der Waals surface area contributed by atoms with Crippen molar-refractivity contribution in [1.82, 2.24) is 0 Å². The zero-order valence-electron chi connectivity index (χ0n) is 17.2. The van der Waals surface area contributed by atoms with Gasteiger partial charge in [-0.15, -0.1) is 0 Å². The van der Waals surface area contributed by atoms with E-state index in [4.69, 9.17) is 9.05 Å². The van der Waals surface area contributed by atoms with Crippen molar-refractivity contribution in [1.29, 1.82) is 0 Å². The summed E-state index contributed by atoms with van der Waals surface area (Å²) in [5.74, 6) is 1.27. The Morgan fingerprint density at radius 3 is 1.69 bits per heavy atom. The summed E-state index contributed by atoms with van der Waals surface area (Å²) in [5.41, 5.74) is 1.62. The number of hydrogen-bond donors (Lipinski definition) is 1. The molecule has 0 aliphatic rings. The molecule has 0 aliphatic heterocycles. The Morgan fingerprint density at radius 2 is 1.21 bits per heavy atom. The average Bonchev–Trinajstić information content (AvgIpc) is 2.69. The molecular formula is C24H27O4P. The Hall–Kier alpha value is -2.71. The summed E-state index contributed by atoms with van der Waals surface area (Å²) < 4.78 is 24.9. The van der Waals surface area contributed by atoms with Gasteiger partial charge in [-0.2, -0.15) is 0 Å². The third-order valence-corrected chi connectivity index (χ3v) is 7.20. The van der Waals surface area contributed by atoms with E-state index < -0.39 is 7.60 Å². The molecule has 0 bridgehead atoms. The largest absolute Gasteiger partial charge is 0.508 e. The van der Waals surface area contributed by atoms with Crippen molar-refractivity contribution in [2.75, 3.05) is 0 Å². The average molecular weight is 410 g/mol. The number of aromatic hydroxyl groups is 1. The second-order valence-corrected chi connectivity index (χ2v) is 10.3. The van der Waals surface area contributed by atoms with Crippen molar-refractivity contribution in [3.63, 3.8) is 0 Å². The van der Waals surface area contributed by atoms with Crippen LogP contribution in [0.25, 0.3) is 0 Å². The molecule has 0 spiro atoms. The lowest BCUT2D eigenvalue weighted by atomic mass is 9.78. The third kappa shape index (κ3) is 4.83. The molecule has 0 aromatic heterocycles. The number of benzene rings is 3. The minimum absolute atomic E-state index is 0.246. The van der Waals surface area contributed by atoms with Crippen molar-refractivity contribution >= 4 is 7.60 Å². The minimum Gasteiger partial charge on any atom is -0.508 e. The van der Waals surface area contributed by atoms with Gasteiger partial charge < -0.3 is 14.2 Å². The smallest absolute Gasteiger partial charge is 0.433 e. The van der Waals surface area contributed by atoms with Gasteiger partial charge >= 0.3 is 7.60 Å². The normalized spacial score (nSPS) is 13.7. The molecule has 0 fully saturated rings. The van der Waals surface area contributed by atoms with Crippen LogP contribution in [0, 0.1) is 0 Å².